The fourth-order valence-corrected chi connectivity index (χ4v) is 5.04. The second-order valence-corrected chi connectivity index (χ2v) is 10.4. The third kappa shape index (κ3) is 4.98. The molecule has 0 saturated carbocycles. The fourth-order valence-electron chi connectivity index (χ4n) is 4.14. The van der Waals surface area contributed by atoms with E-state index in [0.29, 0.717) is 54.0 Å². The topological polar surface area (TPSA) is 97.9 Å². The minimum Gasteiger partial charge on any atom is -0.485 e. The van der Waals surface area contributed by atoms with Gasteiger partial charge in [0.15, 0.2) is 0 Å². The summed E-state index contributed by atoms with van der Waals surface area (Å²) in [6.07, 6.45) is 2.99. The number of furan rings is 1. The lowest BCUT2D eigenvalue weighted by Crippen LogP contribution is -2.52. The number of ether oxygens (including phenoxy) is 1. The van der Waals surface area contributed by atoms with E-state index in [1.165, 1.54) is 27.5 Å². The Hall–Kier alpha value is -2.83. The van der Waals surface area contributed by atoms with Crippen LogP contribution in [0.25, 0.3) is 22.1 Å². The Morgan fingerprint density at radius 2 is 2.06 bits per heavy atom. The van der Waals surface area contributed by atoms with Crippen LogP contribution in [0, 0.1) is 0 Å². The van der Waals surface area contributed by atoms with Crippen molar-refractivity contribution in [1.29, 1.82) is 0 Å². The van der Waals surface area contributed by atoms with Crippen molar-refractivity contribution in [2.45, 2.75) is 25.9 Å². The third-order valence-corrected chi connectivity index (χ3v) is 7.17. The first-order valence-corrected chi connectivity index (χ1v) is 12.6. The number of nitrogens with zero attached hydrogens (tertiary/aromatic N) is 4. The standard InChI is InChI=1S/C22H26F2N4O5S/c1-14-10-28(34(3,30)31)7-6-27(14)11-15-8-17-21(33-15)18(12-26(2)22(17)29)16-4-5-25-9-19(16)32-13-20(23)24/h4-5,8-9,12,14,20H,6-7,10-11,13H2,1-3H3. The van der Waals surface area contributed by atoms with Crippen LogP contribution in [0.3, 0.4) is 0 Å². The molecular weight excluding hydrogens is 470 g/mol. The van der Waals surface area contributed by atoms with E-state index in [2.05, 4.69) is 9.88 Å². The van der Waals surface area contributed by atoms with Gasteiger partial charge >= 0.3 is 0 Å². The maximum absolute atomic E-state index is 12.8. The normalized spacial score (nSPS) is 18.1. The Kier molecular flexibility index (Phi) is 6.74. The molecule has 0 radical (unpaired) electrons. The molecule has 1 aliphatic heterocycles. The molecule has 1 aliphatic rings. The van der Waals surface area contributed by atoms with Crippen molar-refractivity contribution < 1.29 is 26.4 Å². The number of alkyl halides is 2. The maximum Gasteiger partial charge on any atom is 0.272 e. The quantitative estimate of drug-likeness (QED) is 0.495. The van der Waals surface area contributed by atoms with E-state index in [-0.39, 0.29) is 17.4 Å². The smallest absolute Gasteiger partial charge is 0.272 e. The van der Waals surface area contributed by atoms with Gasteiger partial charge in [0.1, 0.15) is 23.7 Å². The van der Waals surface area contributed by atoms with E-state index in [9.17, 15) is 22.0 Å². The average molecular weight is 497 g/mol. The molecule has 0 aliphatic carbocycles. The third-order valence-electron chi connectivity index (χ3n) is 5.90. The van der Waals surface area contributed by atoms with Gasteiger partial charge in [-0.3, -0.25) is 14.7 Å². The Morgan fingerprint density at radius 1 is 1.29 bits per heavy atom. The van der Waals surface area contributed by atoms with Gasteiger partial charge in [0, 0.05) is 56.2 Å². The van der Waals surface area contributed by atoms with Crippen molar-refractivity contribution in [2.24, 2.45) is 7.05 Å². The van der Waals surface area contributed by atoms with Crippen LogP contribution in [0.2, 0.25) is 0 Å². The average Bonchev–Trinajstić information content (AvgIpc) is 3.20. The summed E-state index contributed by atoms with van der Waals surface area (Å²) in [5.74, 6) is 0.703. The molecule has 0 amide bonds. The molecule has 184 valence electrons. The van der Waals surface area contributed by atoms with E-state index in [4.69, 9.17) is 9.15 Å². The van der Waals surface area contributed by atoms with Crippen molar-refractivity contribution in [2.75, 3.05) is 32.5 Å². The molecule has 1 fully saturated rings. The van der Waals surface area contributed by atoms with E-state index in [1.54, 1.807) is 25.4 Å². The van der Waals surface area contributed by atoms with Gasteiger partial charge in [0.25, 0.3) is 12.0 Å². The second-order valence-electron chi connectivity index (χ2n) is 8.43. The van der Waals surface area contributed by atoms with Crippen LogP contribution in [0.5, 0.6) is 5.75 Å². The molecule has 1 unspecified atom stereocenters. The van der Waals surface area contributed by atoms with Gasteiger partial charge in [-0.25, -0.2) is 17.2 Å². The van der Waals surface area contributed by atoms with Gasteiger partial charge < -0.3 is 13.7 Å². The first kappa shape index (κ1) is 24.3. The van der Waals surface area contributed by atoms with Gasteiger partial charge in [-0.15, -0.1) is 0 Å². The van der Waals surface area contributed by atoms with Gasteiger partial charge in [0.05, 0.1) is 24.4 Å². The number of rotatable bonds is 7. The Labute approximate surface area is 195 Å². The lowest BCUT2D eigenvalue weighted by atomic mass is 10.1. The largest absolute Gasteiger partial charge is 0.485 e. The number of piperazine rings is 1. The van der Waals surface area contributed by atoms with Crippen LogP contribution in [-0.2, 0) is 23.6 Å². The van der Waals surface area contributed by atoms with Crippen LogP contribution in [0.15, 0.2) is 39.9 Å². The lowest BCUT2D eigenvalue weighted by Gasteiger charge is -2.38. The highest BCUT2D eigenvalue weighted by atomic mass is 32.2. The van der Waals surface area contributed by atoms with Crippen LogP contribution >= 0.6 is 0 Å². The minimum absolute atomic E-state index is 0.0476. The molecule has 1 atom stereocenters. The highest BCUT2D eigenvalue weighted by Gasteiger charge is 2.29. The van der Waals surface area contributed by atoms with Gasteiger partial charge in [-0.1, -0.05) is 0 Å². The van der Waals surface area contributed by atoms with Crippen LogP contribution in [0.4, 0.5) is 8.78 Å². The molecular formula is C22H26F2N4O5S. The molecule has 9 nitrogen and oxygen atoms in total. The molecule has 0 bridgehead atoms. The number of pyridine rings is 2. The molecule has 1 saturated heterocycles. The maximum atomic E-state index is 12.8. The first-order valence-electron chi connectivity index (χ1n) is 10.7. The van der Waals surface area contributed by atoms with E-state index >= 15 is 0 Å². The van der Waals surface area contributed by atoms with Gasteiger partial charge in [-0.2, -0.15) is 4.31 Å². The summed E-state index contributed by atoms with van der Waals surface area (Å²) in [5, 5.41) is 0.356. The summed E-state index contributed by atoms with van der Waals surface area (Å²) >= 11 is 0. The molecule has 3 aromatic heterocycles. The number of halogens is 2. The Morgan fingerprint density at radius 3 is 2.74 bits per heavy atom. The van der Waals surface area contributed by atoms with Crippen molar-refractivity contribution >= 4 is 21.0 Å². The van der Waals surface area contributed by atoms with Crippen molar-refractivity contribution in [1.82, 2.24) is 18.8 Å². The zero-order chi connectivity index (χ0) is 24.6. The van der Waals surface area contributed by atoms with E-state index in [1.807, 2.05) is 6.92 Å². The van der Waals surface area contributed by atoms with Crippen molar-refractivity contribution in [3.8, 4) is 16.9 Å². The SMILES string of the molecule is CC1CN(S(C)(=O)=O)CCN1Cc1cc2c(=O)n(C)cc(-c3ccncc3OCC(F)F)c2o1. The Balaban J connectivity index is 1.68. The number of sulfonamides is 1. The minimum atomic E-state index is -3.26. The second kappa shape index (κ2) is 9.43. The molecule has 12 heteroatoms. The van der Waals surface area contributed by atoms with E-state index in [0.717, 1.165) is 0 Å². The van der Waals surface area contributed by atoms with Crippen LogP contribution in [-0.4, -0.2) is 72.1 Å². The number of aryl methyl sites for hydroxylation is 1. The Bertz CT molecular complexity index is 1360. The predicted molar refractivity (Wildman–Crippen MR) is 122 cm³/mol. The molecule has 3 aromatic rings. The van der Waals surface area contributed by atoms with E-state index < -0.39 is 23.1 Å². The number of hydrogen-bond donors (Lipinski definition) is 0. The lowest BCUT2D eigenvalue weighted by molar-refractivity contribution is 0.0820. The molecule has 4 heterocycles. The number of fused-ring (bicyclic) bond motifs is 1. The summed E-state index contributed by atoms with van der Waals surface area (Å²) in [4.78, 5) is 18.9. The van der Waals surface area contributed by atoms with Crippen LogP contribution in [0.1, 0.15) is 12.7 Å². The molecule has 0 aromatic carbocycles. The van der Waals surface area contributed by atoms with Crippen LogP contribution < -0.4 is 10.3 Å². The molecule has 34 heavy (non-hydrogen) atoms. The van der Waals surface area contributed by atoms with Crippen molar-refractivity contribution in [3.05, 3.63) is 46.8 Å². The first-order chi connectivity index (χ1) is 16.0. The zero-order valence-corrected chi connectivity index (χ0v) is 19.9. The predicted octanol–water partition coefficient (Wildman–Crippen LogP) is 2.30. The summed E-state index contributed by atoms with van der Waals surface area (Å²) in [5.41, 5.74) is 1.07. The monoisotopic (exact) mass is 496 g/mol. The number of hydrogen-bond acceptors (Lipinski definition) is 7. The molecule has 4 rings (SSSR count). The summed E-state index contributed by atoms with van der Waals surface area (Å²) in [6.45, 7) is 2.81. The molecule has 0 N–H and O–H groups in total. The number of aromatic nitrogens is 2. The highest BCUT2D eigenvalue weighted by molar-refractivity contribution is 7.88. The molecule has 0 spiro atoms. The van der Waals surface area contributed by atoms with Gasteiger partial charge in [-0.05, 0) is 19.1 Å². The fraction of sp³-hybridized carbons (Fsp3) is 0.455. The summed E-state index contributed by atoms with van der Waals surface area (Å²) < 4.78 is 63.4. The zero-order valence-electron chi connectivity index (χ0n) is 19.1. The van der Waals surface area contributed by atoms with Crippen molar-refractivity contribution in [3.63, 3.8) is 0 Å². The summed E-state index contributed by atoms with van der Waals surface area (Å²) in [6, 6.07) is 3.25. The van der Waals surface area contributed by atoms with Gasteiger partial charge in [0.2, 0.25) is 10.0 Å². The summed E-state index contributed by atoms with van der Waals surface area (Å²) in [7, 11) is -1.66. The highest BCUT2D eigenvalue weighted by Crippen LogP contribution is 2.35.